The minimum Gasteiger partial charge on any atom is -0.744 e. The molecule has 0 unspecified atom stereocenters. The fraction of sp³-hybridized carbons (Fsp3) is 0.111. The highest BCUT2D eigenvalue weighted by molar-refractivity contribution is 7.91. The van der Waals surface area contributed by atoms with Gasteiger partial charge < -0.3 is 9.11 Å². The van der Waals surface area contributed by atoms with Crippen molar-refractivity contribution < 1.29 is 51.7 Å². The molecule has 33 heavy (non-hydrogen) atoms. The summed E-state index contributed by atoms with van der Waals surface area (Å²) in [6.07, 6.45) is -4.48. The van der Waals surface area contributed by atoms with Gasteiger partial charge in [0.1, 0.15) is 25.1 Å². The zero-order valence-corrected chi connectivity index (χ0v) is 18.4. The minimum absolute atomic E-state index is 0.249. The second-order valence-electron chi connectivity index (χ2n) is 6.59. The van der Waals surface area contributed by atoms with Crippen molar-refractivity contribution in [2.45, 2.75) is 20.9 Å². The molecule has 0 aliphatic heterocycles. The first kappa shape index (κ1) is 25.1. The molecule has 0 spiro atoms. The van der Waals surface area contributed by atoms with Crippen molar-refractivity contribution in [1.82, 2.24) is 0 Å². The molecule has 0 radical (unpaired) electrons. The van der Waals surface area contributed by atoms with Gasteiger partial charge in [-0.1, -0.05) is 36.9 Å². The van der Waals surface area contributed by atoms with Crippen molar-refractivity contribution in [3.05, 3.63) is 48.5 Å². The minimum atomic E-state index is -6.08. The summed E-state index contributed by atoms with van der Waals surface area (Å²) in [6, 6.07) is 8.16. The van der Waals surface area contributed by atoms with E-state index in [0.29, 0.717) is 11.5 Å². The Kier molecular flexibility index (Phi) is 6.10. The largest absolute Gasteiger partial charge is 0.744 e. The molecule has 0 N–H and O–H groups in total. The van der Waals surface area contributed by atoms with Crippen LogP contribution in [0.1, 0.15) is 5.56 Å². The third kappa shape index (κ3) is 4.87. The number of alkyl halides is 3. The zero-order chi connectivity index (χ0) is 25.0. The van der Waals surface area contributed by atoms with Gasteiger partial charge in [-0.3, -0.25) is 4.18 Å². The molecule has 0 heterocycles. The molecule has 0 saturated heterocycles. The molecule has 3 aromatic rings. The Hall–Kier alpha value is -2.56. The van der Waals surface area contributed by atoms with E-state index in [1.165, 1.54) is 24.3 Å². The summed E-state index contributed by atoms with van der Waals surface area (Å²) in [5, 5.41) is -0.425. The number of hydrogen-bond donors (Lipinski definition) is 0. The summed E-state index contributed by atoms with van der Waals surface area (Å²) in [4.78, 5) is -5.50. The highest BCUT2D eigenvalue weighted by atomic mass is 32.2. The summed E-state index contributed by atoms with van der Waals surface area (Å²) in [5.74, 6) is 0. The van der Waals surface area contributed by atoms with Crippen molar-refractivity contribution in [1.29, 1.82) is 0 Å². The van der Waals surface area contributed by atoms with E-state index in [4.69, 9.17) is 0 Å². The molecule has 0 saturated carbocycles. The molecule has 15 heteroatoms. The number of rotatable bonds is 6. The molecule has 0 amide bonds. The van der Waals surface area contributed by atoms with E-state index in [2.05, 4.69) is 10.8 Å². The smallest absolute Gasteiger partial charge is 0.413 e. The maximum Gasteiger partial charge on any atom is 0.413 e. The van der Waals surface area contributed by atoms with Crippen LogP contribution in [0.25, 0.3) is 27.6 Å². The van der Waals surface area contributed by atoms with Crippen LogP contribution in [0.15, 0.2) is 57.7 Å². The summed E-state index contributed by atoms with van der Waals surface area (Å²) in [6.45, 7) is 0.878. The number of hydrogen-bond acceptors (Lipinski definition) is 9. The fourth-order valence-corrected chi connectivity index (χ4v) is 7.18. The lowest BCUT2D eigenvalue weighted by atomic mass is 9.99. The van der Waals surface area contributed by atoms with E-state index in [9.17, 15) is 47.5 Å². The first-order valence-corrected chi connectivity index (χ1v) is 12.7. The van der Waals surface area contributed by atoms with Gasteiger partial charge in [0.15, 0.2) is 6.61 Å². The van der Waals surface area contributed by atoms with Crippen LogP contribution < -0.4 is 0 Å². The highest BCUT2D eigenvalue weighted by Crippen LogP contribution is 2.42. The van der Waals surface area contributed by atoms with Gasteiger partial charge in [-0.25, -0.2) is 16.8 Å². The number of halogens is 3. The monoisotopic (exact) mass is 524 g/mol. The molecule has 0 aromatic heterocycles. The third-order valence-corrected chi connectivity index (χ3v) is 7.85. The normalized spacial score (nSPS) is 13.5. The fourth-order valence-electron chi connectivity index (χ4n) is 3.25. The van der Waals surface area contributed by atoms with Crippen molar-refractivity contribution in [3.63, 3.8) is 0 Å². The first-order chi connectivity index (χ1) is 15.0. The van der Waals surface area contributed by atoms with E-state index in [1.54, 1.807) is 6.07 Å². The zero-order valence-electron chi connectivity index (χ0n) is 16.0. The van der Waals surface area contributed by atoms with Crippen LogP contribution in [0.4, 0.5) is 13.2 Å². The molecule has 3 aromatic carbocycles. The lowest BCUT2D eigenvalue weighted by Crippen LogP contribution is -2.23. The summed E-state index contributed by atoms with van der Waals surface area (Å²) >= 11 is 0. The van der Waals surface area contributed by atoms with Crippen LogP contribution in [0.2, 0.25) is 0 Å². The van der Waals surface area contributed by atoms with Crippen LogP contribution in [0.3, 0.4) is 0 Å². The molecule has 0 atom stereocenters. The predicted octanol–water partition coefficient (Wildman–Crippen LogP) is 2.71. The molecular weight excluding hydrogens is 513 g/mol. The van der Waals surface area contributed by atoms with Gasteiger partial charge >= 0.3 is 6.18 Å². The molecular formula is C18H11F3O9S3-2. The van der Waals surface area contributed by atoms with E-state index in [0.717, 1.165) is 6.07 Å². The average molecular weight is 524 g/mol. The first-order valence-electron chi connectivity index (χ1n) is 8.50. The van der Waals surface area contributed by atoms with Gasteiger partial charge in [0, 0.05) is 10.9 Å². The maximum atomic E-state index is 12.7. The second-order valence-corrected chi connectivity index (χ2v) is 10.8. The van der Waals surface area contributed by atoms with Gasteiger partial charge in [-0.05, 0) is 28.3 Å². The lowest BCUT2D eigenvalue weighted by molar-refractivity contribution is -0.152. The van der Waals surface area contributed by atoms with Crippen LogP contribution in [0, 0.1) is 0 Å². The Morgan fingerprint density at radius 3 is 1.76 bits per heavy atom. The van der Waals surface area contributed by atoms with Crippen LogP contribution in [-0.4, -0.2) is 47.1 Å². The van der Waals surface area contributed by atoms with Gasteiger partial charge in [-0.2, -0.15) is 21.6 Å². The average Bonchev–Trinajstić information content (AvgIpc) is 2.67. The molecule has 0 fully saturated rings. The van der Waals surface area contributed by atoms with Gasteiger partial charge in [0.2, 0.25) is 0 Å². The Balaban J connectivity index is 2.70. The predicted molar refractivity (Wildman–Crippen MR) is 107 cm³/mol. The Morgan fingerprint density at radius 1 is 0.848 bits per heavy atom. The molecule has 0 aliphatic carbocycles. The van der Waals surface area contributed by atoms with Crippen molar-refractivity contribution >= 4 is 58.0 Å². The van der Waals surface area contributed by atoms with Crippen LogP contribution in [-0.2, 0) is 34.5 Å². The summed E-state index contributed by atoms with van der Waals surface area (Å²) in [5.41, 5.74) is -0.713. The summed E-state index contributed by atoms with van der Waals surface area (Å²) in [7, 11) is -17.7. The van der Waals surface area contributed by atoms with Crippen molar-refractivity contribution in [3.8, 4) is 0 Å². The van der Waals surface area contributed by atoms with E-state index in [1.807, 2.05) is 0 Å². The van der Waals surface area contributed by atoms with Crippen LogP contribution >= 0.6 is 0 Å². The standard InChI is InChI=1S/C18H13F3O9S3/c1-2-12-13-7-10-5-3-4-6-11(10)8-14(13)16(33(28,29)30-9-18(19,20)21)17(32(25,26)27)15(12)31(22,23)24/h2-8H,1,9H2,(H,22,23,24)(H,25,26,27)/p-2. The molecule has 178 valence electrons. The second kappa shape index (κ2) is 8.03. The SMILES string of the molecule is C=Cc1c(S(=O)(=O)[O-])c(S(=O)(=O)[O-])c(S(=O)(=O)OCC(F)(F)F)c2cc3ccccc3cc12. The number of benzene rings is 3. The maximum absolute atomic E-state index is 12.7. The van der Waals surface area contributed by atoms with E-state index < -0.39 is 68.8 Å². The van der Waals surface area contributed by atoms with Gasteiger partial charge in [0.25, 0.3) is 10.1 Å². The topological polar surface area (TPSA) is 158 Å². The molecule has 0 bridgehead atoms. The molecule has 9 nitrogen and oxygen atoms in total. The van der Waals surface area contributed by atoms with Crippen molar-refractivity contribution in [2.24, 2.45) is 0 Å². The molecule has 3 rings (SSSR count). The van der Waals surface area contributed by atoms with Crippen LogP contribution in [0.5, 0.6) is 0 Å². The summed E-state index contributed by atoms with van der Waals surface area (Å²) < 4.78 is 139. The lowest BCUT2D eigenvalue weighted by Gasteiger charge is -2.24. The van der Waals surface area contributed by atoms with Gasteiger partial charge in [0.05, 0.1) is 9.79 Å². The number of fused-ring (bicyclic) bond motifs is 2. The Bertz CT molecular complexity index is 1620. The third-order valence-electron chi connectivity index (χ3n) is 4.41. The molecule has 0 aliphatic rings. The van der Waals surface area contributed by atoms with E-state index in [-0.39, 0.29) is 10.8 Å². The van der Waals surface area contributed by atoms with Gasteiger partial charge in [-0.15, -0.1) is 0 Å². The Labute approximate surface area is 185 Å². The Morgan fingerprint density at radius 2 is 1.33 bits per heavy atom. The van der Waals surface area contributed by atoms with E-state index >= 15 is 0 Å². The quantitative estimate of drug-likeness (QED) is 0.268. The highest BCUT2D eigenvalue weighted by Gasteiger charge is 2.37. The van der Waals surface area contributed by atoms with Crippen molar-refractivity contribution in [2.75, 3.05) is 6.61 Å².